The van der Waals surface area contributed by atoms with Crippen LogP contribution in [0.5, 0.6) is 0 Å². The molecule has 0 saturated heterocycles. The van der Waals surface area contributed by atoms with Gasteiger partial charge < -0.3 is 0 Å². The van der Waals surface area contributed by atoms with Gasteiger partial charge in [-0.3, -0.25) is 9.59 Å². The molecule has 2 unspecified atom stereocenters. The van der Waals surface area contributed by atoms with Crippen molar-refractivity contribution in [2.45, 2.75) is 0 Å². The summed E-state index contributed by atoms with van der Waals surface area (Å²) in [7, 11) is 0. The smallest absolute Gasteiger partial charge is 0.170 e. The summed E-state index contributed by atoms with van der Waals surface area (Å²) in [5, 5.41) is 0. The van der Waals surface area contributed by atoms with Crippen LogP contribution in [0.2, 0.25) is 0 Å². The van der Waals surface area contributed by atoms with Gasteiger partial charge in [0.25, 0.3) is 0 Å². The summed E-state index contributed by atoms with van der Waals surface area (Å²) >= 11 is 0. The van der Waals surface area contributed by atoms with E-state index in [2.05, 4.69) is 0 Å². The molecule has 78 valence electrons. The number of carbonyl (C=O) groups is 2. The Morgan fingerprint density at radius 3 is 2.69 bits per heavy atom. The van der Waals surface area contributed by atoms with E-state index >= 15 is 0 Å². The van der Waals surface area contributed by atoms with Crippen molar-refractivity contribution in [2.24, 2.45) is 11.8 Å². The van der Waals surface area contributed by atoms with Crippen LogP contribution in [0.1, 0.15) is 0 Å². The third kappa shape index (κ3) is 1.20. The van der Waals surface area contributed by atoms with Crippen LogP contribution in [0.3, 0.4) is 0 Å². The number of hydrogen-bond donors (Lipinski definition) is 0. The van der Waals surface area contributed by atoms with Crippen molar-refractivity contribution in [1.29, 1.82) is 0 Å². The molecule has 2 atom stereocenters. The van der Waals surface area contributed by atoms with Gasteiger partial charge in [0.15, 0.2) is 11.6 Å². The third-order valence-corrected chi connectivity index (χ3v) is 3.18. The van der Waals surface area contributed by atoms with Crippen molar-refractivity contribution >= 4 is 11.6 Å². The zero-order valence-electron chi connectivity index (χ0n) is 8.59. The molecule has 0 heterocycles. The van der Waals surface area contributed by atoms with E-state index in [1.54, 1.807) is 12.2 Å². The Balaban J connectivity index is 2.16. The minimum absolute atomic E-state index is 0.0909. The van der Waals surface area contributed by atoms with Crippen molar-refractivity contribution in [1.82, 2.24) is 0 Å². The van der Waals surface area contributed by atoms with Gasteiger partial charge in [0.1, 0.15) is 5.92 Å². The highest BCUT2D eigenvalue weighted by atomic mass is 16.1. The topological polar surface area (TPSA) is 34.1 Å². The Morgan fingerprint density at radius 1 is 0.938 bits per heavy atom. The monoisotopic (exact) mass is 210 g/mol. The number of ketones is 2. The summed E-state index contributed by atoms with van der Waals surface area (Å²) in [4.78, 5) is 23.6. The molecule has 0 saturated carbocycles. The zero-order valence-corrected chi connectivity index (χ0v) is 8.59. The average Bonchev–Trinajstić information content (AvgIpc) is 2.29. The summed E-state index contributed by atoms with van der Waals surface area (Å²) in [6.07, 6.45) is 14.5. The summed E-state index contributed by atoms with van der Waals surface area (Å²) < 4.78 is 0. The van der Waals surface area contributed by atoms with Crippen LogP contribution in [0, 0.1) is 11.8 Å². The highest BCUT2D eigenvalue weighted by Gasteiger charge is 2.37. The van der Waals surface area contributed by atoms with E-state index in [-0.39, 0.29) is 17.5 Å². The number of fused-ring (bicyclic) bond motifs is 3. The Labute approximate surface area is 93.3 Å². The number of hydrogen-bond acceptors (Lipinski definition) is 2. The molecule has 0 fully saturated rings. The molecule has 3 aliphatic carbocycles. The van der Waals surface area contributed by atoms with Crippen LogP contribution >= 0.6 is 0 Å². The molecule has 0 radical (unpaired) electrons. The van der Waals surface area contributed by atoms with Gasteiger partial charge in [-0.2, -0.15) is 0 Å². The lowest BCUT2D eigenvalue weighted by Crippen LogP contribution is -2.33. The predicted octanol–water partition coefficient (Wildman–Crippen LogP) is 1.92. The molecule has 2 heteroatoms. The Hall–Kier alpha value is -1.96. The second-order valence-electron chi connectivity index (χ2n) is 4.13. The van der Waals surface area contributed by atoms with E-state index in [0.29, 0.717) is 0 Å². The van der Waals surface area contributed by atoms with Crippen LogP contribution in [0.15, 0.2) is 59.8 Å². The van der Waals surface area contributed by atoms with Crippen molar-refractivity contribution in [3.05, 3.63) is 59.8 Å². The van der Waals surface area contributed by atoms with Gasteiger partial charge in [-0.1, -0.05) is 36.5 Å². The molecule has 0 spiro atoms. The first-order valence-corrected chi connectivity index (χ1v) is 5.29. The summed E-state index contributed by atoms with van der Waals surface area (Å²) in [6.45, 7) is 0. The van der Waals surface area contributed by atoms with Crippen LogP contribution in [0.4, 0.5) is 0 Å². The van der Waals surface area contributed by atoms with Crippen molar-refractivity contribution in [3.63, 3.8) is 0 Å². The quantitative estimate of drug-likeness (QED) is 0.572. The summed E-state index contributed by atoms with van der Waals surface area (Å²) in [5.41, 5.74) is 1.90. The Bertz CT molecular complexity index is 527. The van der Waals surface area contributed by atoms with Crippen molar-refractivity contribution < 1.29 is 9.59 Å². The first-order chi connectivity index (χ1) is 7.77. The molecule has 3 rings (SSSR count). The molecule has 0 bridgehead atoms. The van der Waals surface area contributed by atoms with Crippen molar-refractivity contribution in [3.8, 4) is 0 Å². The fraction of sp³-hybridized carbons (Fsp3) is 0.143. The number of carbonyl (C=O) groups excluding carboxylic acids is 2. The maximum atomic E-state index is 11.9. The molecule has 0 aliphatic heterocycles. The fourth-order valence-corrected chi connectivity index (χ4v) is 2.44. The minimum atomic E-state index is -0.574. The van der Waals surface area contributed by atoms with Crippen LogP contribution in [-0.2, 0) is 9.59 Å². The molecule has 0 aromatic heterocycles. The SMILES string of the molecule is O=C1C=CC=C2C3C=CC=CC3=CC(=O)C12. The molecule has 0 amide bonds. The molecule has 3 aliphatic rings. The molecule has 0 N–H and O–H groups in total. The van der Waals surface area contributed by atoms with Crippen molar-refractivity contribution in [2.75, 3.05) is 0 Å². The fourth-order valence-electron chi connectivity index (χ4n) is 2.44. The van der Waals surface area contributed by atoms with E-state index in [0.717, 1.165) is 11.1 Å². The van der Waals surface area contributed by atoms with Gasteiger partial charge in [0.2, 0.25) is 0 Å². The Morgan fingerprint density at radius 2 is 1.81 bits per heavy atom. The number of allylic oxidation sites excluding steroid dienone is 10. The second kappa shape index (κ2) is 3.27. The maximum absolute atomic E-state index is 11.9. The van der Waals surface area contributed by atoms with Gasteiger partial charge in [0, 0.05) is 5.92 Å². The zero-order chi connectivity index (χ0) is 11.1. The number of rotatable bonds is 0. The molecule has 16 heavy (non-hydrogen) atoms. The van der Waals surface area contributed by atoms with Gasteiger partial charge in [-0.25, -0.2) is 0 Å². The molecule has 2 nitrogen and oxygen atoms in total. The van der Waals surface area contributed by atoms with Gasteiger partial charge >= 0.3 is 0 Å². The van der Waals surface area contributed by atoms with Gasteiger partial charge in [0.05, 0.1) is 0 Å². The maximum Gasteiger partial charge on any atom is 0.170 e. The van der Waals surface area contributed by atoms with E-state index in [1.165, 1.54) is 6.08 Å². The van der Waals surface area contributed by atoms with Crippen LogP contribution in [-0.4, -0.2) is 11.6 Å². The molecule has 0 aromatic rings. The standard InChI is InChI=1S/C14H10O2/c15-12-7-3-6-11-10-5-2-1-4-9(10)8-13(16)14(11)12/h1-8,10,14H. The Kier molecular flexibility index (Phi) is 1.90. The van der Waals surface area contributed by atoms with Crippen LogP contribution in [0.25, 0.3) is 0 Å². The van der Waals surface area contributed by atoms with E-state index in [4.69, 9.17) is 0 Å². The molecular formula is C14H10O2. The first-order valence-electron chi connectivity index (χ1n) is 5.29. The first kappa shape index (κ1) is 9.28. The highest BCUT2D eigenvalue weighted by molar-refractivity contribution is 6.16. The van der Waals surface area contributed by atoms with Gasteiger partial charge in [-0.15, -0.1) is 0 Å². The van der Waals surface area contributed by atoms with E-state index < -0.39 is 5.92 Å². The molecule has 0 aromatic carbocycles. The second-order valence-corrected chi connectivity index (χ2v) is 4.13. The van der Waals surface area contributed by atoms with E-state index in [9.17, 15) is 9.59 Å². The van der Waals surface area contributed by atoms with Crippen LogP contribution < -0.4 is 0 Å². The summed E-state index contributed by atoms with van der Waals surface area (Å²) in [6, 6.07) is 0. The highest BCUT2D eigenvalue weighted by Crippen LogP contribution is 2.37. The lowest BCUT2D eigenvalue weighted by Gasteiger charge is -2.30. The van der Waals surface area contributed by atoms with E-state index in [1.807, 2.05) is 30.4 Å². The lowest BCUT2D eigenvalue weighted by atomic mass is 9.71. The molecular weight excluding hydrogens is 200 g/mol. The third-order valence-electron chi connectivity index (χ3n) is 3.18. The largest absolute Gasteiger partial charge is 0.294 e. The lowest BCUT2D eigenvalue weighted by molar-refractivity contribution is -0.126. The predicted molar refractivity (Wildman–Crippen MR) is 60.6 cm³/mol. The average molecular weight is 210 g/mol. The normalized spacial score (nSPS) is 30.8. The minimum Gasteiger partial charge on any atom is -0.294 e. The van der Waals surface area contributed by atoms with Gasteiger partial charge in [-0.05, 0) is 23.3 Å². The summed E-state index contributed by atoms with van der Waals surface area (Å²) in [5.74, 6) is -0.663.